The van der Waals surface area contributed by atoms with Gasteiger partial charge >= 0.3 is 5.97 Å². The van der Waals surface area contributed by atoms with Crippen LogP contribution in [0.2, 0.25) is 5.02 Å². The number of carboxylic acid groups (broad SMARTS) is 1. The van der Waals surface area contributed by atoms with Gasteiger partial charge < -0.3 is 15.7 Å². The van der Waals surface area contributed by atoms with Crippen molar-refractivity contribution in [3.05, 3.63) is 22.8 Å². The fraction of sp³-hybridized carbons (Fsp3) is 0.462. The molecule has 0 saturated heterocycles. The molecule has 7 heteroatoms. The summed E-state index contributed by atoms with van der Waals surface area (Å²) in [6, 6.07) is 1.56. The molecule has 1 aliphatic carbocycles. The highest BCUT2D eigenvalue weighted by molar-refractivity contribution is 6.33. The molecule has 6 nitrogen and oxygen atoms in total. The standard InChI is InChI=1S/C13H16ClN3O3/c14-10-6-16-12(5-9(10)13(19)20)17(7-11(15)18)8-3-1-2-4-8/h5-6,8H,1-4,7H2,(H2,15,18)(H,19,20). The summed E-state index contributed by atoms with van der Waals surface area (Å²) in [7, 11) is 0. The first-order valence-electron chi connectivity index (χ1n) is 6.43. The maximum atomic E-state index is 11.2. The molecule has 1 heterocycles. The van der Waals surface area contributed by atoms with Gasteiger partial charge in [0.05, 0.1) is 17.1 Å². The second kappa shape index (κ2) is 6.09. The molecule has 0 aromatic carbocycles. The highest BCUT2D eigenvalue weighted by atomic mass is 35.5. The number of aromatic carboxylic acids is 1. The molecule has 1 aliphatic rings. The predicted molar refractivity (Wildman–Crippen MR) is 75.0 cm³/mol. The van der Waals surface area contributed by atoms with E-state index in [4.69, 9.17) is 22.4 Å². The molecule has 0 bridgehead atoms. The average molecular weight is 298 g/mol. The summed E-state index contributed by atoms with van der Waals surface area (Å²) in [6.45, 7) is 0.0261. The lowest BCUT2D eigenvalue weighted by Crippen LogP contribution is -2.40. The Morgan fingerprint density at radius 1 is 1.45 bits per heavy atom. The van der Waals surface area contributed by atoms with Crippen LogP contribution in [0.5, 0.6) is 0 Å². The van der Waals surface area contributed by atoms with E-state index in [0.29, 0.717) is 5.82 Å². The number of pyridine rings is 1. The van der Waals surface area contributed by atoms with Gasteiger partial charge in [0.2, 0.25) is 5.91 Å². The fourth-order valence-corrected chi connectivity index (χ4v) is 2.71. The van der Waals surface area contributed by atoms with Crippen LogP contribution in [0.3, 0.4) is 0 Å². The van der Waals surface area contributed by atoms with E-state index >= 15 is 0 Å². The van der Waals surface area contributed by atoms with Crippen molar-refractivity contribution in [3.8, 4) is 0 Å². The first-order valence-corrected chi connectivity index (χ1v) is 6.80. The monoisotopic (exact) mass is 297 g/mol. The molecule has 0 aliphatic heterocycles. The highest BCUT2D eigenvalue weighted by Crippen LogP contribution is 2.28. The Hall–Kier alpha value is -1.82. The Labute approximate surface area is 121 Å². The first kappa shape index (κ1) is 14.6. The zero-order valence-electron chi connectivity index (χ0n) is 10.9. The van der Waals surface area contributed by atoms with Crippen LogP contribution in [0.1, 0.15) is 36.0 Å². The molecule has 0 spiro atoms. The molecule has 1 saturated carbocycles. The number of carbonyl (C=O) groups excluding carboxylic acids is 1. The SMILES string of the molecule is NC(=O)CN(c1cc(C(=O)O)c(Cl)cn1)C1CCCC1. The van der Waals surface area contributed by atoms with Crippen molar-refractivity contribution < 1.29 is 14.7 Å². The number of nitrogens with zero attached hydrogens (tertiary/aromatic N) is 2. The van der Waals surface area contributed by atoms with Gasteiger partial charge in [-0.05, 0) is 18.9 Å². The lowest BCUT2D eigenvalue weighted by molar-refractivity contribution is -0.116. The molecule has 0 atom stereocenters. The van der Waals surface area contributed by atoms with E-state index in [1.807, 2.05) is 0 Å². The van der Waals surface area contributed by atoms with Gasteiger partial charge in [0, 0.05) is 12.2 Å². The number of carboxylic acids is 1. The zero-order chi connectivity index (χ0) is 14.7. The minimum Gasteiger partial charge on any atom is -0.478 e. The summed E-state index contributed by atoms with van der Waals surface area (Å²) in [4.78, 5) is 28.3. The molecule has 0 unspecified atom stereocenters. The largest absolute Gasteiger partial charge is 0.478 e. The fourth-order valence-electron chi connectivity index (χ4n) is 2.53. The number of nitrogens with two attached hydrogens (primary N) is 1. The number of aromatic nitrogens is 1. The van der Waals surface area contributed by atoms with E-state index in [1.165, 1.54) is 12.3 Å². The molecule has 20 heavy (non-hydrogen) atoms. The summed E-state index contributed by atoms with van der Waals surface area (Å²) >= 11 is 5.81. The van der Waals surface area contributed by atoms with Gasteiger partial charge in [-0.3, -0.25) is 4.79 Å². The highest BCUT2D eigenvalue weighted by Gasteiger charge is 2.26. The molecule has 1 amide bonds. The molecule has 3 N–H and O–H groups in total. The number of primary amides is 1. The van der Waals surface area contributed by atoms with Crippen LogP contribution in [0.15, 0.2) is 12.3 Å². The van der Waals surface area contributed by atoms with Crippen LogP contribution in [0.25, 0.3) is 0 Å². The van der Waals surface area contributed by atoms with Crippen LogP contribution in [-0.2, 0) is 4.79 Å². The molecule has 1 aromatic heterocycles. The zero-order valence-corrected chi connectivity index (χ0v) is 11.6. The number of hydrogen-bond acceptors (Lipinski definition) is 4. The number of carbonyl (C=O) groups is 2. The van der Waals surface area contributed by atoms with Crippen LogP contribution in [0, 0.1) is 0 Å². The molecule has 1 fully saturated rings. The number of anilines is 1. The van der Waals surface area contributed by atoms with E-state index in [-0.39, 0.29) is 23.2 Å². The quantitative estimate of drug-likeness (QED) is 0.861. The molecule has 1 aromatic rings. The van der Waals surface area contributed by atoms with Gasteiger partial charge in [-0.25, -0.2) is 9.78 Å². The maximum Gasteiger partial charge on any atom is 0.337 e. The Balaban J connectivity index is 2.34. The number of halogens is 1. The van der Waals surface area contributed by atoms with Gasteiger partial charge in [-0.2, -0.15) is 0 Å². The minimum atomic E-state index is -1.12. The Morgan fingerprint density at radius 3 is 2.65 bits per heavy atom. The van der Waals surface area contributed by atoms with Crippen LogP contribution in [0.4, 0.5) is 5.82 Å². The second-order valence-electron chi connectivity index (χ2n) is 4.86. The van der Waals surface area contributed by atoms with Crippen LogP contribution >= 0.6 is 11.6 Å². The summed E-state index contributed by atoms with van der Waals surface area (Å²) in [5.41, 5.74) is 5.25. The minimum absolute atomic E-state index is 0.0239. The van der Waals surface area contributed by atoms with Gasteiger partial charge in [0.1, 0.15) is 5.82 Å². The van der Waals surface area contributed by atoms with Crippen molar-refractivity contribution in [3.63, 3.8) is 0 Å². The van der Waals surface area contributed by atoms with E-state index < -0.39 is 11.9 Å². The van der Waals surface area contributed by atoms with Gasteiger partial charge in [0.15, 0.2) is 0 Å². The van der Waals surface area contributed by atoms with E-state index in [1.54, 1.807) is 4.90 Å². The summed E-state index contributed by atoms with van der Waals surface area (Å²) < 4.78 is 0. The number of rotatable bonds is 5. The second-order valence-corrected chi connectivity index (χ2v) is 5.27. The molecule has 0 radical (unpaired) electrons. The van der Waals surface area contributed by atoms with Gasteiger partial charge in [0.25, 0.3) is 0 Å². The van der Waals surface area contributed by atoms with Crippen molar-refractivity contribution in [1.82, 2.24) is 4.98 Å². The maximum absolute atomic E-state index is 11.2. The molecule has 108 valence electrons. The van der Waals surface area contributed by atoms with E-state index in [9.17, 15) is 9.59 Å². The third-order valence-electron chi connectivity index (χ3n) is 3.46. The summed E-state index contributed by atoms with van der Waals surface area (Å²) in [5, 5.41) is 9.17. The lowest BCUT2D eigenvalue weighted by atomic mass is 10.2. The molecule has 2 rings (SSSR count). The van der Waals surface area contributed by atoms with Crippen molar-refractivity contribution in [2.75, 3.05) is 11.4 Å². The average Bonchev–Trinajstić information content (AvgIpc) is 2.90. The number of amides is 1. The predicted octanol–water partition coefficient (Wildman–Crippen LogP) is 1.67. The van der Waals surface area contributed by atoms with E-state index in [2.05, 4.69) is 4.98 Å². The van der Waals surface area contributed by atoms with Crippen molar-refractivity contribution >= 4 is 29.3 Å². The van der Waals surface area contributed by atoms with Crippen molar-refractivity contribution in [1.29, 1.82) is 0 Å². The van der Waals surface area contributed by atoms with Crippen LogP contribution in [-0.4, -0.2) is 34.6 Å². The smallest absolute Gasteiger partial charge is 0.337 e. The molecular weight excluding hydrogens is 282 g/mol. The Bertz CT molecular complexity index is 530. The van der Waals surface area contributed by atoms with Crippen LogP contribution < -0.4 is 10.6 Å². The topological polar surface area (TPSA) is 96.5 Å². The summed E-state index contributed by atoms with van der Waals surface area (Å²) in [6.07, 6.45) is 5.35. The number of hydrogen-bond donors (Lipinski definition) is 2. The van der Waals surface area contributed by atoms with Gasteiger partial charge in [-0.15, -0.1) is 0 Å². The third kappa shape index (κ3) is 3.19. The first-order chi connectivity index (χ1) is 9.49. The van der Waals surface area contributed by atoms with Gasteiger partial charge in [-0.1, -0.05) is 24.4 Å². The van der Waals surface area contributed by atoms with Crippen molar-refractivity contribution in [2.24, 2.45) is 5.73 Å². The Morgan fingerprint density at radius 2 is 2.10 bits per heavy atom. The molecular formula is C13H16ClN3O3. The normalized spacial score (nSPS) is 15.2. The van der Waals surface area contributed by atoms with E-state index in [0.717, 1.165) is 25.7 Å². The van der Waals surface area contributed by atoms with Crippen molar-refractivity contribution in [2.45, 2.75) is 31.7 Å². The lowest BCUT2D eigenvalue weighted by Gasteiger charge is -2.29. The Kier molecular flexibility index (Phi) is 4.44. The third-order valence-corrected chi connectivity index (χ3v) is 3.76. The summed E-state index contributed by atoms with van der Waals surface area (Å²) in [5.74, 6) is -1.16.